The molecule has 5 nitrogen and oxygen atoms in total. The first kappa shape index (κ1) is 11.8. The van der Waals surface area contributed by atoms with Crippen molar-refractivity contribution in [2.24, 2.45) is 0 Å². The maximum absolute atomic E-state index is 5.13. The van der Waals surface area contributed by atoms with E-state index in [1.807, 2.05) is 0 Å². The molecule has 0 bridgehead atoms. The van der Waals surface area contributed by atoms with Gasteiger partial charge in [0.2, 0.25) is 0 Å². The summed E-state index contributed by atoms with van der Waals surface area (Å²) in [6.45, 7) is 4.39. The van der Waals surface area contributed by atoms with Crippen molar-refractivity contribution < 1.29 is 4.74 Å². The molecular formula is C12H16N4OS. The zero-order valence-corrected chi connectivity index (χ0v) is 11.2. The molecule has 0 fully saturated rings. The van der Waals surface area contributed by atoms with Gasteiger partial charge in [0, 0.05) is 26.7 Å². The van der Waals surface area contributed by atoms with Crippen LogP contribution >= 0.6 is 11.3 Å². The van der Waals surface area contributed by atoms with Crippen LogP contribution in [0.2, 0.25) is 0 Å². The number of hydrogen-bond acceptors (Lipinski definition) is 5. The third-order valence-corrected chi connectivity index (χ3v) is 3.90. The van der Waals surface area contributed by atoms with Crippen LogP contribution in [0.25, 0.3) is 0 Å². The molecule has 18 heavy (non-hydrogen) atoms. The highest BCUT2D eigenvalue weighted by molar-refractivity contribution is 7.07. The lowest BCUT2D eigenvalue weighted by atomic mass is 10.2. The van der Waals surface area contributed by atoms with Gasteiger partial charge in [-0.05, 0) is 22.4 Å². The summed E-state index contributed by atoms with van der Waals surface area (Å²) in [5.41, 5.74) is 1.38. The van der Waals surface area contributed by atoms with Gasteiger partial charge in [-0.3, -0.25) is 4.90 Å². The van der Waals surface area contributed by atoms with Gasteiger partial charge < -0.3 is 9.30 Å². The van der Waals surface area contributed by atoms with Crippen molar-refractivity contribution in [3.63, 3.8) is 0 Å². The van der Waals surface area contributed by atoms with Crippen LogP contribution in [-0.2, 0) is 31.0 Å². The van der Waals surface area contributed by atoms with Crippen molar-refractivity contribution >= 4 is 11.3 Å². The summed E-state index contributed by atoms with van der Waals surface area (Å²) in [5.74, 6) is 1.98. The second-order valence-electron chi connectivity index (χ2n) is 4.46. The minimum atomic E-state index is 0.539. The number of nitrogens with zero attached hydrogens (tertiary/aromatic N) is 4. The van der Waals surface area contributed by atoms with Gasteiger partial charge in [0.25, 0.3) is 0 Å². The van der Waals surface area contributed by atoms with E-state index in [0.717, 1.165) is 37.8 Å². The Balaban J connectivity index is 1.70. The molecule has 0 unspecified atom stereocenters. The van der Waals surface area contributed by atoms with Crippen LogP contribution in [0, 0.1) is 0 Å². The van der Waals surface area contributed by atoms with Gasteiger partial charge >= 0.3 is 0 Å². The van der Waals surface area contributed by atoms with Crippen LogP contribution < -0.4 is 0 Å². The lowest BCUT2D eigenvalue weighted by molar-refractivity contribution is 0.164. The van der Waals surface area contributed by atoms with E-state index in [2.05, 4.69) is 36.5 Å². The van der Waals surface area contributed by atoms with E-state index in [1.54, 1.807) is 18.4 Å². The zero-order valence-electron chi connectivity index (χ0n) is 10.4. The van der Waals surface area contributed by atoms with Crippen LogP contribution in [0.1, 0.15) is 17.2 Å². The summed E-state index contributed by atoms with van der Waals surface area (Å²) in [6, 6.07) is 2.18. The molecule has 2 aromatic rings. The quantitative estimate of drug-likeness (QED) is 0.839. The fourth-order valence-corrected chi connectivity index (χ4v) is 2.94. The van der Waals surface area contributed by atoms with Gasteiger partial charge in [0.15, 0.2) is 5.82 Å². The van der Waals surface area contributed by atoms with Crippen LogP contribution in [0.5, 0.6) is 0 Å². The molecule has 6 heteroatoms. The summed E-state index contributed by atoms with van der Waals surface area (Å²) in [5, 5.41) is 12.8. The minimum absolute atomic E-state index is 0.539. The molecule has 0 spiro atoms. The molecule has 2 aromatic heterocycles. The molecule has 0 aliphatic carbocycles. The van der Waals surface area contributed by atoms with E-state index in [9.17, 15) is 0 Å². The lowest BCUT2D eigenvalue weighted by Gasteiger charge is -2.27. The van der Waals surface area contributed by atoms with Crippen molar-refractivity contribution in [1.29, 1.82) is 0 Å². The molecular weight excluding hydrogens is 248 g/mol. The lowest BCUT2D eigenvalue weighted by Crippen LogP contribution is -2.33. The Morgan fingerprint density at radius 1 is 1.39 bits per heavy atom. The van der Waals surface area contributed by atoms with Crippen molar-refractivity contribution in [2.45, 2.75) is 26.2 Å². The molecule has 1 aliphatic heterocycles. The van der Waals surface area contributed by atoms with E-state index in [1.165, 1.54) is 5.56 Å². The smallest absolute Gasteiger partial charge is 0.159 e. The predicted octanol–water partition coefficient (Wildman–Crippen LogP) is 1.50. The third-order valence-electron chi connectivity index (χ3n) is 3.17. The highest BCUT2D eigenvalue weighted by Crippen LogP contribution is 2.16. The maximum Gasteiger partial charge on any atom is 0.159 e. The van der Waals surface area contributed by atoms with E-state index in [0.29, 0.717) is 6.61 Å². The molecule has 96 valence electrons. The third kappa shape index (κ3) is 2.31. The molecule has 3 rings (SSSR count). The number of ether oxygens (including phenoxy) is 1. The second-order valence-corrected chi connectivity index (χ2v) is 5.24. The SMILES string of the molecule is COCc1nnc2n1CCN(Cc1ccsc1)C2. The molecule has 0 radical (unpaired) electrons. The molecule has 0 atom stereocenters. The van der Waals surface area contributed by atoms with E-state index >= 15 is 0 Å². The second kappa shape index (κ2) is 5.17. The minimum Gasteiger partial charge on any atom is -0.377 e. The Labute approximate surface area is 110 Å². The summed E-state index contributed by atoms with van der Waals surface area (Å²) in [6.07, 6.45) is 0. The summed E-state index contributed by atoms with van der Waals surface area (Å²) < 4.78 is 7.30. The molecule has 0 aromatic carbocycles. The van der Waals surface area contributed by atoms with Crippen LogP contribution in [0.3, 0.4) is 0 Å². The van der Waals surface area contributed by atoms with Crippen molar-refractivity contribution in [1.82, 2.24) is 19.7 Å². The number of hydrogen-bond donors (Lipinski definition) is 0. The highest BCUT2D eigenvalue weighted by atomic mass is 32.1. The van der Waals surface area contributed by atoms with Gasteiger partial charge in [0.1, 0.15) is 12.4 Å². The Kier molecular flexibility index (Phi) is 3.40. The van der Waals surface area contributed by atoms with Gasteiger partial charge in [-0.25, -0.2) is 0 Å². The zero-order chi connectivity index (χ0) is 12.4. The molecule has 0 N–H and O–H groups in total. The number of rotatable bonds is 4. The van der Waals surface area contributed by atoms with Crippen molar-refractivity contribution in [2.75, 3.05) is 13.7 Å². The number of aromatic nitrogens is 3. The summed E-state index contributed by atoms with van der Waals surface area (Å²) in [7, 11) is 1.69. The van der Waals surface area contributed by atoms with Gasteiger partial charge in [-0.2, -0.15) is 11.3 Å². The van der Waals surface area contributed by atoms with E-state index < -0.39 is 0 Å². The number of thiophene rings is 1. The van der Waals surface area contributed by atoms with E-state index in [-0.39, 0.29) is 0 Å². The Morgan fingerprint density at radius 2 is 2.33 bits per heavy atom. The number of fused-ring (bicyclic) bond motifs is 1. The molecule has 3 heterocycles. The van der Waals surface area contributed by atoms with Gasteiger partial charge in [-0.1, -0.05) is 0 Å². The largest absolute Gasteiger partial charge is 0.377 e. The predicted molar refractivity (Wildman–Crippen MR) is 69.2 cm³/mol. The number of methoxy groups -OCH3 is 1. The van der Waals surface area contributed by atoms with Gasteiger partial charge in [0.05, 0.1) is 6.54 Å². The standard InChI is InChI=1S/C12H16N4OS/c1-17-8-12-14-13-11-7-15(3-4-16(11)12)6-10-2-5-18-9-10/h2,5,9H,3-4,6-8H2,1H3. The molecule has 0 saturated heterocycles. The van der Waals surface area contributed by atoms with Crippen molar-refractivity contribution in [3.05, 3.63) is 34.0 Å². The average Bonchev–Trinajstić information content (AvgIpc) is 3.00. The summed E-state index contributed by atoms with van der Waals surface area (Å²) in [4.78, 5) is 2.41. The van der Waals surface area contributed by atoms with Gasteiger partial charge in [-0.15, -0.1) is 10.2 Å². The average molecular weight is 264 g/mol. The monoisotopic (exact) mass is 264 g/mol. The highest BCUT2D eigenvalue weighted by Gasteiger charge is 2.20. The normalized spacial score (nSPS) is 15.8. The van der Waals surface area contributed by atoms with Crippen molar-refractivity contribution in [3.8, 4) is 0 Å². The maximum atomic E-state index is 5.13. The first-order valence-electron chi connectivity index (χ1n) is 6.00. The fourth-order valence-electron chi connectivity index (χ4n) is 2.28. The van der Waals surface area contributed by atoms with Crippen LogP contribution in [0.4, 0.5) is 0 Å². The fraction of sp³-hybridized carbons (Fsp3) is 0.500. The van der Waals surface area contributed by atoms with Crippen LogP contribution in [-0.4, -0.2) is 33.3 Å². The first-order chi connectivity index (χ1) is 8.86. The Morgan fingerprint density at radius 3 is 3.11 bits per heavy atom. The molecule has 0 amide bonds. The molecule has 1 aliphatic rings. The summed E-state index contributed by atoms with van der Waals surface area (Å²) >= 11 is 1.75. The topological polar surface area (TPSA) is 43.2 Å². The first-order valence-corrected chi connectivity index (χ1v) is 6.94. The Hall–Kier alpha value is -1.24. The van der Waals surface area contributed by atoms with Crippen LogP contribution in [0.15, 0.2) is 16.8 Å². The Bertz CT molecular complexity index is 508. The molecule has 0 saturated carbocycles. The van der Waals surface area contributed by atoms with E-state index in [4.69, 9.17) is 4.74 Å².